The molecule has 1 atom stereocenters. The Labute approximate surface area is 96.8 Å². The molecular formula is C12H22N2O2. The first-order chi connectivity index (χ1) is 7.70. The van der Waals surface area contributed by atoms with Crippen LogP contribution in [0.25, 0.3) is 0 Å². The number of hydrogen-bond donors (Lipinski definition) is 3. The van der Waals surface area contributed by atoms with Crippen molar-refractivity contribution in [2.75, 3.05) is 13.1 Å². The maximum absolute atomic E-state index is 11.8. The van der Waals surface area contributed by atoms with Crippen LogP contribution < -0.4 is 10.6 Å². The highest BCUT2D eigenvalue weighted by atomic mass is 16.3. The van der Waals surface area contributed by atoms with Crippen molar-refractivity contribution in [2.24, 2.45) is 0 Å². The van der Waals surface area contributed by atoms with E-state index in [0.717, 1.165) is 51.5 Å². The van der Waals surface area contributed by atoms with E-state index in [1.54, 1.807) is 0 Å². The van der Waals surface area contributed by atoms with Crippen LogP contribution in [-0.4, -0.2) is 35.7 Å². The molecule has 0 unspecified atom stereocenters. The molecule has 2 fully saturated rings. The normalized spacial score (nSPS) is 28.9. The van der Waals surface area contributed by atoms with E-state index < -0.39 is 5.60 Å². The van der Waals surface area contributed by atoms with E-state index in [1.807, 2.05) is 0 Å². The van der Waals surface area contributed by atoms with Crippen LogP contribution >= 0.6 is 0 Å². The van der Waals surface area contributed by atoms with Crippen LogP contribution in [0.2, 0.25) is 0 Å². The number of amides is 1. The Morgan fingerprint density at radius 1 is 1.31 bits per heavy atom. The van der Waals surface area contributed by atoms with E-state index in [0.29, 0.717) is 6.54 Å². The molecule has 1 heterocycles. The second-order valence-electron chi connectivity index (χ2n) is 5.15. The average Bonchev–Trinajstić information content (AvgIpc) is 2.75. The maximum atomic E-state index is 11.8. The number of carbonyl (C=O) groups is 1. The lowest BCUT2D eigenvalue weighted by Crippen LogP contribution is -2.50. The Bertz CT molecular complexity index is 243. The van der Waals surface area contributed by atoms with Crippen molar-refractivity contribution in [1.82, 2.24) is 10.6 Å². The van der Waals surface area contributed by atoms with Gasteiger partial charge in [-0.1, -0.05) is 19.3 Å². The highest BCUT2D eigenvalue weighted by Gasteiger charge is 2.32. The fourth-order valence-corrected chi connectivity index (χ4v) is 2.66. The first-order valence-corrected chi connectivity index (χ1v) is 6.43. The fraction of sp³-hybridized carbons (Fsp3) is 0.917. The third kappa shape index (κ3) is 2.95. The highest BCUT2D eigenvalue weighted by Crippen LogP contribution is 2.28. The molecule has 2 aliphatic rings. The predicted molar refractivity (Wildman–Crippen MR) is 62.1 cm³/mol. The molecule has 0 aromatic heterocycles. The summed E-state index contributed by atoms with van der Waals surface area (Å²) in [5.41, 5.74) is -0.635. The van der Waals surface area contributed by atoms with Crippen LogP contribution in [0.4, 0.5) is 0 Å². The average molecular weight is 226 g/mol. The van der Waals surface area contributed by atoms with Crippen molar-refractivity contribution in [3.8, 4) is 0 Å². The van der Waals surface area contributed by atoms with Gasteiger partial charge < -0.3 is 15.7 Å². The van der Waals surface area contributed by atoms with Gasteiger partial charge in [0.15, 0.2) is 0 Å². The van der Waals surface area contributed by atoms with Crippen LogP contribution in [-0.2, 0) is 4.79 Å². The Balaban J connectivity index is 1.74. The zero-order valence-electron chi connectivity index (χ0n) is 9.80. The molecule has 2 rings (SSSR count). The number of aliphatic hydroxyl groups is 1. The third-order valence-corrected chi connectivity index (χ3v) is 3.75. The second-order valence-corrected chi connectivity index (χ2v) is 5.15. The van der Waals surface area contributed by atoms with Crippen molar-refractivity contribution in [3.63, 3.8) is 0 Å². The minimum atomic E-state index is -0.635. The molecule has 0 bridgehead atoms. The van der Waals surface area contributed by atoms with Crippen molar-refractivity contribution in [3.05, 3.63) is 0 Å². The summed E-state index contributed by atoms with van der Waals surface area (Å²) >= 11 is 0. The fourth-order valence-electron chi connectivity index (χ4n) is 2.66. The monoisotopic (exact) mass is 226 g/mol. The predicted octanol–water partition coefficient (Wildman–Crippen LogP) is 0.550. The van der Waals surface area contributed by atoms with E-state index >= 15 is 0 Å². The van der Waals surface area contributed by atoms with Gasteiger partial charge in [-0.3, -0.25) is 4.79 Å². The molecule has 4 nitrogen and oxygen atoms in total. The van der Waals surface area contributed by atoms with Gasteiger partial charge in [-0.25, -0.2) is 0 Å². The van der Waals surface area contributed by atoms with Gasteiger partial charge in [0.1, 0.15) is 0 Å². The summed E-state index contributed by atoms with van der Waals surface area (Å²) in [6, 6.07) is -0.0428. The summed E-state index contributed by atoms with van der Waals surface area (Å²) in [6.45, 7) is 1.35. The molecule has 0 spiro atoms. The molecule has 1 saturated heterocycles. The molecule has 3 N–H and O–H groups in total. The van der Waals surface area contributed by atoms with E-state index in [2.05, 4.69) is 10.6 Å². The summed E-state index contributed by atoms with van der Waals surface area (Å²) in [5.74, 6) is 0.0556. The lowest BCUT2D eigenvalue weighted by atomic mass is 10.0. The first-order valence-electron chi connectivity index (χ1n) is 6.43. The molecule has 1 saturated carbocycles. The zero-order chi connectivity index (χ0) is 11.4. The number of carbonyl (C=O) groups excluding carboxylic acids is 1. The molecule has 0 aromatic rings. The number of hydrogen-bond acceptors (Lipinski definition) is 3. The van der Waals surface area contributed by atoms with Gasteiger partial charge in [-0.2, -0.15) is 0 Å². The Kier molecular flexibility index (Phi) is 3.82. The van der Waals surface area contributed by atoms with Crippen LogP contribution in [0.5, 0.6) is 0 Å². The smallest absolute Gasteiger partial charge is 0.237 e. The molecule has 16 heavy (non-hydrogen) atoms. The largest absolute Gasteiger partial charge is 0.388 e. The molecular weight excluding hydrogens is 204 g/mol. The SMILES string of the molecule is O=C(NCC1(O)CCCC1)[C@H]1CCCCN1. The molecule has 92 valence electrons. The number of piperidine rings is 1. The topological polar surface area (TPSA) is 61.4 Å². The van der Waals surface area contributed by atoms with E-state index in [-0.39, 0.29) is 11.9 Å². The minimum absolute atomic E-state index is 0.0428. The Morgan fingerprint density at radius 2 is 2.06 bits per heavy atom. The van der Waals surface area contributed by atoms with Crippen LogP contribution in [0.3, 0.4) is 0 Å². The molecule has 0 aromatic carbocycles. The van der Waals surface area contributed by atoms with Crippen LogP contribution in [0.15, 0.2) is 0 Å². The number of rotatable bonds is 3. The van der Waals surface area contributed by atoms with Gasteiger partial charge in [0.2, 0.25) is 5.91 Å². The minimum Gasteiger partial charge on any atom is -0.388 e. The summed E-state index contributed by atoms with van der Waals surface area (Å²) in [7, 11) is 0. The molecule has 1 aliphatic heterocycles. The quantitative estimate of drug-likeness (QED) is 0.658. The van der Waals surface area contributed by atoms with Crippen molar-refractivity contribution >= 4 is 5.91 Å². The van der Waals surface area contributed by atoms with E-state index in [9.17, 15) is 9.90 Å². The second kappa shape index (κ2) is 5.15. The summed E-state index contributed by atoms with van der Waals surface area (Å²) in [6.07, 6.45) is 7.01. The lowest BCUT2D eigenvalue weighted by molar-refractivity contribution is -0.124. The Hall–Kier alpha value is -0.610. The van der Waals surface area contributed by atoms with E-state index in [1.165, 1.54) is 0 Å². The molecule has 1 amide bonds. The maximum Gasteiger partial charge on any atom is 0.237 e. The molecule has 0 radical (unpaired) electrons. The molecule has 1 aliphatic carbocycles. The van der Waals surface area contributed by atoms with Crippen molar-refractivity contribution in [2.45, 2.75) is 56.6 Å². The van der Waals surface area contributed by atoms with Crippen LogP contribution in [0.1, 0.15) is 44.9 Å². The number of nitrogens with one attached hydrogen (secondary N) is 2. The van der Waals surface area contributed by atoms with Gasteiger partial charge in [0.05, 0.1) is 11.6 Å². The Morgan fingerprint density at radius 3 is 2.69 bits per heavy atom. The van der Waals surface area contributed by atoms with Crippen molar-refractivity contribution in [1.29, 1.82) is 0 Å². The van der Waals surface area contributed by atoms with Crippen LogP contribution in [0, 0.1) is 0 Å². The zero-order valence-corrected chi connectivity index (χ0v) is 9.80. The molecule has 4 heteroatoms. The van der Waals surface area contributed by atoms with E-state index in [4.69, 9.17) is 0 Å². The van der Waals surface area contributed by atoms with Gasteiger partial charge in [0, 0.05) is 6.54 Å². The van der Waals surface area contributed by atoms with Gasteiger partial charge in [-0.05, 0) is 32.2 Å². The first kappa shape index (κ1) is 11.9. The summed E-state index contributed by atoms with van der Waals surface area (Å²) in [4.78, 5) is 11.8. The highest BCUT2D eigenvalue weighted by molar-refractivity contribution is 5.81. The third-order valence-electron chi connectivity index (χ3n) is 3.75. The standard InChI is InChI=1S/C12H22N2O2/c15-11(10-5-1-4-8-13-10)14-9-12(16)6-2-3-7-12/h10,13,16H,1-9H2,(H,14,15)/t10-/m1/s1. The van der Waals surface area contributed by atoms with Crippen molar-refractivity contribution < 1.29 is 9.90 Å². The van der Waals surface area contributed by atoms with Gasteiger partial charge >= 0.3 is 0 Å². The lowest BCUT2D eigenvalue weighted by Gasteiger charge is -2.26. The van der Waals surface area contributed by atoms with Gasteiger partial charge in [-0.15, -0.1) is 0 Å². The van der Waals surface area contributed by atoms with Gasteiger partial charge in [0.25, 0.3) is 0 Å². The summed E-state index contributed by atoms with van der Waals surface area (Å²) in [5, 5.41) is 16.2. The summed E-state index contributed by atoms with van der Waals surface area (Å²) < 4.78 is 0.